The fourth-order valence-corrected chi connectivity index (χ4v) is 1.79. The van der Waals surface area contributed by atoms with E-state index in [1.807, 2.05) is 52.9 Å². The van der Waals surface area contributed by atoms with E-state index in [9.17, 15) is 0 Å². The van der Waals surface area contributed by atoms with Gasteiger partial charge in [0.05, 0.1) is 0 Å². The van der Waals surface area contributed by atoms with Crippen LogP contribution in [0.1, 0.15) is 0 Å². The van der Waals surface area contributed by atoms with Crippen LogP contribution in [0.3, 0.4) is 0 Å². The molecule has 1 heterocycles. The average molecular weight is 328 g/mol. The first-order valence-electron chi connectivity index (χ1n) is 4.48. The number of nitrogens with zero attached hydrogens (tertiary/aromatic N) is 2. The number of ether oxygens (including phenoxy) is 1. The highest BCUT2D eigenvalue weighted by Gasteiger charge is 2.11. The molecule has 2 aromatic rings. The molecule has 0 aliphatic heterocycles. The third-order valence-electron chi connectivity index (χ3n) is 1.83. The van der Waals surface area contributed by atoms with Gasteiger partial charge in [0.15, 0.2) is 9.52 Å². The molecular weight excluding hydrogens is 319 g/mol. The van der Waals surface area contributed by atoms with E-state index in [1.54, 1.807) is 0 Å². The summed E-state index contributed by atoms with van der Waals surface area (Å²) in [7, 11) is 0. The summed E-state index contributed by atoms with van der Waals surface area (Å²) in [4.78, 5) is 7.82. The molecule has 0 saturated carbocycles. The molecule has 6 heteroatoms. The van der Waals surface area contributed by atoms with Crippen molar-refractivity contribution in [1.82, 2.24) is 9.97 Å². The Labute approximate surface area is 106 Å². The lowest BCUT2D eigenvalue weighted by Crippen LogP contribution is -2.04. The Morgan fingerprint density at radius 1 is 1.06 bits per heavy atom. The Hall–Kier alpha value is -1.57. The molecule has 0 radical (unpaired) electrons. The summed E-state index contributed by atoms with van der Waals surface area (Å²) in [6, 6.07) is 9.30. The summed E-state index contributed by atoms with van der Waals surface area (Å²) < 4.78 is 6.17. The molecule has 4 N–H and O–H groups in total. The molecule has 1 aromatic carbocycles. The number of nitrogens with two attached hydrogens (primary N) is 2. The van der Waals surface area contributed by atoms with Crippen molar-refractivity contribution in [2.45, 2.75) is 0 Å². The van der Waals surface area contributed by atoms with E-state index in [4.69, 9.17) is 16.2 Å². The lowest BCUT2D eigenvalue weighted by Gasteiger charge is -2.09. The number of halogens is 1. The number of hydrogen-bond donors (Lipinski definition) is 2. The van der Waals surface area contributed by atoms with Crippen molar-refractivity contribution in [3.63, 3.8) is 0 Å². The number of benzene rings is 1. The second-order valence-electron chi connectivity index (χ2n) is 3.00. The first-order valence-corrected chi connectivity index (χ1v) is 5.56. The third-order valence-corrected chi connectivity index (χ3v) is 2.56. The van der Waals surface area contributed by atoms with Gasteiger partial charge in [0.25, 0.3) is 0 Å². The van der Waals surface area contributed by atoms with Crippen molar-refractivity contribution < 1.29 is 4.74 Å². The Kier molecular flexibility index (Phi) is 3.09. The second kappa shape index (κ2) is 4.52. The maximum Gasteiger partial charge on any atom is 0.223 e. The van der Waals surface area contributed by atoms with E-state index in [0.717, 1.165) is 0 Å². The zero-order chi connectivity index (χ0) is 11.5. The number of para-hydroxylation sites is 1. The van der Waals surface area contributed by atoms with Crippen molar-refractivity contribution >= 4 is 34.4 Å². The van der Waals surface area contributed by atoms with Crippen molar-refractivity contribution in [3.05, 3.63) is 34.0 Å². The minimum atomic E-state index is 0.141. The Bertz CT molecular complexity index is 480. The summed E-state index contributed by atoms with van der Waals surface area (Å²) in [6.07, 6.45) is 0. The van der Waals surface area contributed by atoms with E-state index < -0.39 is 0 Å². The molecule has 82 valence electrons. The highest BCUT2D eigenvalue weighted by atomic mass is 127. The Balaban J connectivity index is 2.35. The lowest BCUT2D eigenvalue weighted by molar-refractivity contribution is 0.476. The molecule has 0 saturated heterocycles. The summed E-state index contributed by atoms with van der Waals surface area (Å²) in [5, 5.41) is 0. The predicted molar refractivity (Wildman–Crippen MR) is 70.1 cm³/mol. The van der Waals surface area contributed by atoms with Gasteiger partial charge >= 0.3 is 0 Å². The summed E-state index contributed by atoms with van der Waals surface area (Å²) in [5.74, 6) is 1.49. The smallest absolute Gasteiger partial charge is 0.223 e. The minimum Gasteiger partial charge on any atom is -0.451 e. The van der Waals surface area contributed by atoms with E-state index in [-0.39, 0.29) is 11.8 Å². The monoisotopic (exact) mass is 328 g/mol. The number of aromatic nitrogens is 2. The molecule has 1 aromatic heterocycles. The van der Waals surface area contributed by atoms with Crippen LogP contribution in [0, 0.1) is 3.70 Å². The number of anilines is 2. The van der Waals surface area contributed by atoms with Gasteiger partial charge in [0.1, 0.15) is 5.75 Å². The normalized spacial score (nSPS) is 10.1. The zero-order valence-electron chi connectivity index (χ0n) is 8.22. The quantitative estimate of drug-likeness (QED) is 0.651. The molecule has 2 rings (SSSR count). The van der Waals surface area contributed by atoms with E-state index in [0.29, 0.717) is 15.2 Å². The largest absolute Gasteiger partial charge is 0.451 e. The zero-order valence-corrected chi connectivity index (χ0v) is 10.4. The van der Waals surface area contributed by atoms with Gasteiger partial charge in [-0.15, -0.1) is 0 Å². The predicted octanol–water partition coefficient (Wildman–Crippen LogP) is 2.04. The van der Waals surface area contributed by atoms with Gasteiger partial charge < -0.3 is 16.2 Å². The van der Waals surface area contributed by atoms with Crippen LogP contribution in [0.4, 0.5) is 11.8 Å². The highest BCUT2D eigenvalue weighted by molar-refractivity contribution is 14.1. The summed E-state index contributed by atoms with van der Waals surface area (Å²) >= 11 is 2.00. The van der Waals surface area contributed by atoms with Crippen molar-refractivity contribution in [3.8, 4) is 11.5 Å². The average Bonchev–Trinajstić information content (AvgIpc) is 2.25. The van der Waals surface area contributed by atoms with Crippen LogP contribution >= 0.6 is 22.6 Å². The maximum absolute atomic E-state index is 5.71. The number of nitrogen functional groups attached to an aromatic ring is 2. The molecule has 16 heavy (non-hydrogen) atoms. The van der Waals surface area contributed by atoms with Crippen LogP contribution in [0.5, 0.6) is 11.5 Å². The Morgan fingerprint density at radius 2 is 1.75 bits per heavy atom. The first-order chi connectivity index (χ1) is 7.66. The molecule has 0 spiro atoms. The third kappa shape index (κ3) is 2.32. The van der Waals surface area contributed by atoms with Gasteiger partial charge in [-0.05, 0) is 34.7 Å². The first kappa shape index (κ1) is 10.9. The highest BCUT2D eigenvalue weighted by Crippen LogP contribution is 2.30. The van der Waals surface area contributed by atoms with Gasteiger partial charge in [-0.3, -0.25) is 0 Å². The topological polar surface area (TPSA) is 87.0 Å². The SMILES string of the molecule is Nc1nc(N)c(Oc2ccccc2)c(I)n1. The van der Waals surface area contributed by atoms with Gasteiger partial charge in [-0.1, -0.05) is 18.2 Å². The standard InChI is InChI=1S/C10H9IN4O/c11-8-7(9(12)15-10(13)14-8)16-6-4-2-1-3-5-6/h1-5H,(H4,12,13,14,15). The van der Waals surface area contributed by atoms with Crippen LogP contribution in [0.2, 0.25) is 0 Å². The molecule has 0 bridgehead atoms. The number of hydrogen-bond acceptors (Lipinski definition) is 5. The maximum atomic E-state index is 5.71. The van der Waals surface area contributed by atoms with Crippen LogP contribution in [-0.2, 0) is 0 Å². The van der Waals surface area contributed by atoms with Gasteiger partial charge in [-0.25, -0.2) is 4.98 Å². The molecule has 0 aliphatic rings. The summed E-state index contributed by atoms with van der Waals surface area (Å²) in [5.41, 5.74) is 11.2. The molecule has 5 nitrogen and oxygen atoms in total. The fourth-order valence-electron chi connectivity index (χ4n) is 1.16. The molecular formula is C10H9IN4O. The molecule has 0 unspecified atom stereocenters. The minimum absolute atomic E-state index is 0.141. The van der Waals surface area contributed by atoms with Crippen LogP contribution in [0.25, 0.3) is 0 Å². The van der Waals surface area contributed by atoms with Crippen LogP contribution < -0.4 is 16.2 Å². The molecule has 0 aliphatic carbocycles. The van der Waals surface area contributed by atoms with Gasteiger partial charge in [0.2, 0.25) is 11.7 Å². The van der Waals surface area contributed by atoms with Crippen LogP contribution in [-0.4, -0.2) is 9.97 Å². The van der Waals surface area contributed by atoms with E-state index in [1.165, 1.54) is 0 Å². The van der Waals surface area contributed by atoms with Crippen molar-refractivity contribution in [2.24, 2.45) is 0 Å². The van der Waals surface area contributed by atoms with Crippen molar-refractivity contribution in [2.75, 3.05) is 11.5 Å². The van der Waals surface area contributed by atoms with E-state index >= 15 is 0 Å². The lowest BCUT2D eigenvalue weighted by atomic mass is 10.3. The fraction of sp³-hybridized carbons (Fsp3) is 0. The molecule has 0 fully saturated rings. The van der Waals surface area contributed by atoms with Gasteiger partial charge in [0, 0.05) is 0 Å². The number of rotatable bonds is 2. The summed E-state index contributed by atoms with van der Waals surface area (Å²) in [6.45, 7) is 0. The van der Waals surface area contributed by atoms with E-state index in [2.05, 4.69) is 9.97 Å². The Morgan fingerprint density at radius 3 is 2.38 bits per heavy atom. The second-order valence-corrected chi connectivity index (χ2v) is 4.02. The van der Waals surface area contributed by atoms with Gasteiger partial charge in [-0.2, -0.15) is 4.98 Å². The molecule has 0 amide bonds. The molecule has 0 atom stereocenters. The van der Waals surface area contributed by atoms with Crippen LogP contribution in [0.15, 0.2) is 30.3 Å². The van der Waals surface area contributed by atoms with Crippen molar-refractivity contribution in [1.29, 1.82) is 0 Å².